The Morgan fingerprint density at radius 1 is 1.59 bits per heavy atom. The van der Waals surface area contributed by atoms with Crippen LogP contribution >= 0.6 is 11.6 Å². The molecule has 120 valence electrons. The smallest absolute Gasteiger partial charge is 0.431 e. The monoisotopic (exact) mass is 337 g/mol. The molecule has 1 aromatic rings. The quantitative estimate of drug-likeness (QED) is 0.855. The number of hydrogen-bond acceptors (Lipinski definition) is 6. The lowest BCUT2D eigenvalue weighted by atomic mass is 10.1. The van der Waals surface area contributed by atoms with Crippen molar-refractivity contribution < 1.29 is 27.8 Å². The summed E-state index contributed by atoms with van der Waals surface area (Å²) in [4.78, 5) is 15.7. The lowest BCUT2D eigenvalue weighted by Crippen LogP contribution is -2.51. The van der Waals surface area contributed by atoms with E-state index in [0.29, 0.717) is 5.01 Å². The van der Waals surface area contributed by atoms with Crippen LogP contribution in [0.2, 0.25) is 5.02 Å². The van der Waals surface area contributed by atoms with Crippen molar-refractivity contribution in [1.82, 2.24) is 4.98 Å². The molecule has 1 N–H and O–H groups in total. The van der Waals surface area contributed by atoms with E-state index in [0.717, 1.165) is 0 Å². The summed E-state index contributed by atoms with van der Waals surface area (Å²) in [6, 6.07) is 2.79. The van der Waals surface area contributed by atoms with E-state index in [1.807, 2.05) is 0 Å². The number of halogens is 4. The van der Waals surface area contributed by atoms with Crippen LogP contribution < -0.4 is 5.01 Å². The Kier molecular flexibility index (Phi) is 4.30. The first kappa shape index (κ1) is 16.5. The first-order valence-corrected chi connectivity index (χ1v) is 6.53. The summed E-state index contributed by atoms with van der Waals surface area (Å²) in [7, 11) is 0. The number of alkyl halides is 3. The van der Waals surface area contributed by atoms with Gasteiger partial charge in [0, 0.05) is 6.20 Å². The van der Waals surface area contributed by atoms with Gasteiger partial charge in [-0.1, -0.05) is 11.6 Å². The summed E-state index contributed by atoms with van der Waals surface area (Å²) >= 11 is 5.86. The molecule has 1 aromatic heterocycles. The lowest BCUT2D eigenvalue weighted by molar-refractivity contribution is -0.163. The molecule has 6 nitrogen and oxygen atoms in total. The zero-order valence-corrected chi connectivity index (χ0v) is 12.0. The number of carbonyl (C=O) groups is 1. The summed E-state index contributed by atoms with van der Waals surface area (Å²) in [5, 5.41) is 14.0. The van der Waals surface area contributed by atoms with Crippen molar-refractivity contribution >= 4 is 29.1 Å². The summed E-state index contributed by atoms with van der Waals surface area (Å²) in [5.41, 5.74) is -3.98. The Morgan fingerprint density at radius 2 is 2.27 bits per heavy atom. The maximum atomic E-state index is 12.9. The van der Waals surface area contributed by atoms with Crippen LogP contribution in [-0.2, 0) is 9.53 Å². The molecule has 0 amide bonds. The highest BCUT2D eigenvalue weighted by Gasteiger charge is 2.56. The summed E-state index contributed by atoms with van der Waals surface area (Å²) in [5.74, 6) is -1.54. The fourth-order valence-corrected chi connectivity index (χ4v) is 2.07. The number of esters is 1. The topological polar surface area (TPSA) is 75.0 Å². The van der Waals surface area contributed by atoms with E-state index in [-0.39, 0.29) is 17.4 Å². The summed E-state index contributed by atoms with van der Waals surface area (Å²) in [6.07, 6.45) is -4.65. The molecule has 1 aliphatic heterocycles. The van der Waals surface area contributed by atoms with E-state index in [9.17, 15) is 23.1 Å². The van der Waals surface area contributed by atoms with Crippen LogP contribution in [0.4, 0.5) is 19.0 Å². The van der Waals surface area contributed by atoms with Gasteiger partial charge in [-0.15, -0.1) is 0 Å². The molecule has 0 aromatic carbocycles. The third kappa shape index (κ3) is 2.86. The zero-order chi connectivity index (χ0) is 16.5. The van der Waals surface area contributed by atoms with Crippen molar-refractivity contribution in [3.05, 3.63) is 23.4 Å². The molecule has 0 spiro atoms. The number of pyridine rings is 1. The van der Waals surface area contributed by atoms with Crippen LogP contribution in [0, 0.1) is 0 Å². The minimum atomic E-state index is -4.81. The van der Waals surface area contributed by atoms with Gasteiger partial charge >= 0.3 is 12.1 Å². The number of rotatable bonds is 3. The summed E-state index contributed by atoms with van der Waals surface area (Å²) in [6.45, 7) is 1.34. The first-order valence-electron chi connectivity index (χ1n) is 6.15. The Balaban J connectivity index is 2.51. The third-order valence-electron chi connectivity index (χ3n) is 2.85. The van der Waals surface area contributed by atoms with Crippen molar-refractivity contribution in [2.45, 2.75) is 25.2 Å². The van der Waals surface area contributed by atoms with Crippen molar-refractivity contribution in [3.63, 3.8) is 0 Å². The molecule has 0 radical (unpaired) electrons. The molecule has 0 saturated carbocycles. The maximum Gasteiger partial charge on any atom is 0.431 e. The molecule has 1 unspecified atom stereocenters. The number of carbonyl (C=O) groups excluding carboxylic acids is 1. The van der Waals surface area contributed by atoms with Crippen LogP contribution in [0.1, 0.15) is 13.3 Å². The molecule has 1 atom stereocenters. The van der Waals surface area contributed by atoms with E-state index >= 15 is 0 Å². The van der Waals surface area contributed by atoms with Gasteiger partial charge in [0.2, 0.25) is 0 Å². The Labute approximate surface area is 128 Å². The van der Waals surface area contributed by atoms with Crippen molar-refractivity contribution in [3.8, 4) is 0 Å². The standard InChI is InChI=1S/C12H11ClF3N3O3/c1-2-22-10(20)11(21)6-8(12(14,15)16)18-19(11)9-7(13)4-3-5-17-9/h3-5,21H,2,6H2,1H3. The maximum absolute atomic E-state index is 12.9. The predicted octanol–water partition coefficient (Wildman–Crippen LogP) is 2.12. The molecule has 0 fully saturated rings. The van der Waals surface area contributed by atoms with E-state index < -0.39 is 30.0 Å². The molecule has 2 rings (SSSR count). The molecule has 22 heavy (non-hydrogen) atoms. The largest absolute Gasteiger partial charge is 0.462 e. The SMILES string of the molecule is CCOC(=O)C1(O)CC(C(F)(F)F)=NN1c1ncccc1Cl. The average molecular weight is 338 g/mol. The highest BCUT2D eigenvalue weighted by molar-refractivity contribution is 6.33. The minimum Gasteiger partial charge on any atom is -0.462 e. The fraction of sp³-hybridized carbons (Fsp3) is 0.417. The van der Waals surface area contributed by atoms with Crippen LogP contribution in [-0.4, -0.2) is 40.3 Å². The van der Waals surface area contributed by atoms with Gasteiger partial charge in [-0.2, -0.15) is 18.3 Å². The number of hydrazone groups is 1. The van der Waals surface area contributed by atoms with Gasteiger partial charge in [-0.3, -0.25) is 0 Å². The van der Waals surface area contributed by atoms with E-state index in [4.69, 9.17) is 11.6 Å². The van der Waals surface area contributed by atoms with Crippen LogP contribution in [0.25, 0.3) is 0 Å². The average Bonchev–Trinajstić information content (AvgIpc) is 2.79. The highest BCUT2D eigenvalue weighted by atomic mass is 35.5. The number of hydrogen-bond donors (Lipinski definition) is 1. The number of aliphatic hydroxyl groups is 1. The second-order valence-electron chi connectivity index (χ2n) is 4.38. The van der Waals surface area contributed by atoms with Gasteiger partial charge in [-0.25, -0.2) is 14.8 Å². The van der Waals surface area contributed by atoms with Crippen molar-refractivity contribution in [2.75, 3.05) is 11.6 Å². The van der Waals surface area contributed by atoms with E-state index in [1.165, 1.54) is 25.3 Å². The molecular formula is C12H11ClF3N3O3. The second kappa shape index (κ2) is 5.73. The van der Waals surface area contributed by atoms with Crippen LogP contribution in [0.3, 0.4) is 0 Å². The Hall–Kier alpha value is -1.87. The second-order valence-corrected chi connectivity index (χ2v) is 4.79. The van der Waals surface area contributed by atoms with Gasteiger partial charge in [-0.05, 0) is 19.1 Å². The minimum absolute atomic E-state index is 0.0719. The van der Waals surface area contributed by atoms with E-state index in [2.05, 4.69) is 14.8 Å². The third-order valence-corrected chi connectivity index (χ3v) is 3.15. The normalized spacial score (nSPS) is 21.7. The molecule has 2 heterocycles. The molecule has 0 aliphatic carbocycles. The molecule has 0 bridgehead atoms. The molecule has 1 aliphatic rings. The van der Waals surface area contributed by atoms with Gasteiger partial charge in [0.15, 0.2) is 5.82 Å². The predicted molar refractivity (Wildman–Crippen MR) is 71.4 cm³/mol. The Bertz CT molecular complexity index is 623. The van der Waals surface area contributed by atoms with Gasteiger partial charge < -0.3 is 9.84 Å². The van der Waals surface area contributed by atoms with E-state index in [1.54, 1.807) is 0 Å². The van der Waals surface area contributed by atoms with Crippen molar-refractivity contribution in [2.24, 2.45) is 5.10 Å². The first-order chi connectivity index (χ1) is 10.2. The number of ether oxygens (including phenoxy) is 1. The van der Waals surface area contributed by atoms with Crippen LogP contribution in [0.15, 0.2) is 23.4 Å². The van der Waals surface area contributed by atoms with Gasteiger partial charge in [0.05, 0.1) is 18.1 Å². The van der Waals surface area contributed by atoms with Crippen LogP contribution in [0.5, 0.6) is 0 Å². The number of nitrogens with zero attached hydrogens (tertiary/aromatic N) is 3. The molecule has 0 saturated heterocycles. The van der Waals surface area contributed by atoms with Gasteiger partial charge in [0.1, 0.15) is 5.71 Å². The zero-order valence-electron chi connectivity index (χ0n) is 11.3. The highest BCUT2D eigenvalue weighted by Crippen LogP contribution is 2.38. The summed E-state index contributed by atoms with van der Waals surface area (Å²) < 4.78 is 43.2. The van der Waals surface area contributed by atoms with Crippen molar-refractivity contribution in [1.29, 1.82) is 0 Å². The van der Waals surface area contributed by atoms with Gasteiger partial charge in [0.25, 0.3) is 5.72 Å². The fourth-order valence-electron chi connectivity index (χ4n) is 1.87. The number of aromatic nitrogens is 1. The number of anilines is 1. The lowest BCUT2D eigenvalue weighted by Gasteiger charge is -2.29. The Morgan fingerprint density at radius 3 is 2.82 bits per heavy atom. The molecular weight excluding hydrogens is 327 g/mol. The molecule has 10 heteroatoms.